The second kappa shape index (κ2) is 7.70. The molecule has 0 aromatic heterocycles. The third-order valence-electron chi connectivity index (χ3n) is 4.80. The number of aryl methyl sites for hydroxylation is 2. The van der Waals surface area contributed by atoms with Gasteiger partial charge in [0.1, 0.15) is 11.5 Å². The summed E-state index contributed by atoms with van der Waals surface area (Å²) in [4.78, 5) is 27.0. The van der Waals surface area contributed by atoms with Crippen LogP contribution in [-0.4, -0.2) is 32.6 Å². The molecule has 0 saturated carbocycles. The van der Waals surface area contributed by atoms with Gasteiger partial charge in [-0.1, -0.05) is 17.7 Å². The van der Waals surface area contributed by atoms with Crippen molar-refractivity contribution in [2.75, 3.05) is 31.0 Å². The van der Waals surface area contributed by atoms with Gasteiger partial charge in [0.05, 0.1) is 25.8 Å². The summed E-state index contributed by atoms with van der Waals surface area (Å²) in [6.07, 6.45) is 0.186. The van der Waals surface area contributed by atoms with Gasteiger partial charge in [-0.2, -0.15) is 0 Å². The van der Waals surface area contributed by atoms with Crippen molar-refractivity contribution in [3.8, 4) is 11.5 Å². The minimum atomic E-state index is -0.422. The quantitative estimate of drug-likeness (QED) is 0.879. The van der Waals surface area contributed by atoms with Crippen molar-refractivity contribution in [2.24, 2.45) is 5.92 Å². The average molecular weight is 368 g/mol. The third kappa shape index (κ3) is 3.89. The Morgan fingerprint density at radius 3 is 2.56 bits per heavy atom. The maximum atomic E-state index is 12.8. The first kappa shape index (κ1) is 18.8. The zero-order chi connectivity index (χ0) is 19.6. The lowest BCUT2D eigenvalue weighted by atomic mass is 10.1. The number of methoxy groups -OCH3 is 2. The molecule has 1 N–H and O–H groups in total. The Morgan fingerprint density at radius 2 is 1.89 bits per heavy atom. The fraction of sp³-hybridized carbons (Fsp3) is 0.333. The van der Waals surface area contributed by atoms with Gasteiger partial charge in [-0.05, 0) is 37.6 Å². The maximum Gasteiger partial charge on any atom is 0.229 e. The number of ether oxygens (including phenoxy) is 2. The molecule has 6 nitrogen and oxygen atoms in total. The number of nitrogens with zero attached hydrogens (tertiary/aromatic N) is 1. The largest absolute Gasteiger partial charge is 0.497 e. The Labute approximate surface area is 159 Å². The normalized spacial score (nSPS) is 16.4. The topological polar surface area (TPSA) is 67.9 Å². The van der Waals surface area contributed by atoms with Crippen molar-refractivity contribution in [1.82, 2.24) is 0 Å². The predicted octanol–water partition coefficient (Wildman–Crippen LogP) is 3.31. The Balaban J connectivity index is 1.76. The molecule has 1 atom stereocenters. The predicted molar refractivity (Wildman–Crippen MR) is 105 cm³/mol. The molecule has 2 amide bonds. The highest BCUT2D eigenvalue weighted by molar-refractivity contribution is 6.04. The number of hydrogen-bond donors (Lipinski definition) is 1. The van der Waals surface area contributed by atoms with Gasteiger partial charge >= 0.3 is 0 Å². The van der Waals surface area contributed by atoms with Crippen molar-refractivity contribution in [2.45, 2.75) is 20.3 Å². The van der Waals surface area contributed by atoms with E-state index in [2.05, 4.69) is 5.32 Å². The van der Waals surface area contributed by atoms with Gasteiger partial charge in [0.25, 0.3) is 0 Å². The van der Waals surface area contributed by atoms with Crippen molar-refractivity contribution >= 4 is 23.2 Å². The Kier molecular flexibility index (Phi) is 5.35. The highest BCUT2D eigenvalue weighted by atomic mass is 16.5. The summed E-state index contributed by atoms with van der Waals surface area (Å²) in [5.41, 5.74) is 3.56. The molecule has 0 spiro atoms. The fourth-order valence-corrected chi connectivity index (χ4v) is 3.37. The molecule has 27 heavy (non-hydrogen) atoms. The number of anilines is 2. The zero-order valence-corrected chi connectivity index (χ0v) is 16.0. The molecule has 0 radical (unpaired) electrons. The molecule has 3 rings (SSSR count). The van der Waals surface area contributed by atoms with E-state index in [1.165, 1.54) is 0 Å². The molecule has 0 aliphatic carbocycles. The highest BCUT2D eigenvalue weighted by Crippen LogP contribution is 2.32. The van der Waals surface area contributed by atoms with Crippen LogP contribution in [-0.2, 0) is 9.59 Å². The van der Waals surface area contributed by atoms with E-state index in [1.807, 2.05) is 32.0 Å². The van der Waals surface area contributed by atoms with Crippen LogP contribution in [0.5, 0.6) is 11.5 Å². The van der Waals surface area contributed by atoms with Crippen LogP contribution in [0.1, 0.15) is 17.5 Å². The summed E-state index contributed by atoms with van der Waals surface area (Å²) in [5, 5.41) is 2.87. The lowest BCUT2D eigenvalue weighted by molar-refractivity contribution is -0.122. The van der Waals surface area contributed by atoms with E-state index in [0.717, 1.165) is 16.8 Å². The van der Waals surface area contributed by atoms with E-state index in [4.69, 9.17) is 9.47 Å². The number of rotatable bonds is 5. The van der Waals surface area contributed by atoms with Gasteiger partial charge in [0.15, 0.2) is 0 Å². The van der Waals surface area contributed by atoms with Crippen molar-refractivity contribution in [3.63, 3.8) is 0 Å². The molecule has 2 aromatic rings. The number of amides is 2. The van der Waals surface area contributed by atoms with Crippen LogP contribution in [0, 0.1) is 19.8 Å². The third-order valence-corrected chi connectivity index (χ3v) is 4.80. The van der Waals surface area contributed by atoms with E-state index in [1.54, 1.807) is 37.3 Å². The Bertz CT molecular complexity index is 878. The SMILES string of the molecule is COc1ccc(OC)c(NC(=O)C2CC(=O)N(c3ccc(C)cc3C)C2)c1. The zero-order valence-electron chi connectivity index (χ0n) is 16.0. The second-order valence-electron chi connectivity index (χ2n) is 6.75. The summed E-state index contributed by atoms with van der Waals surface area (Å²) < 4.78 is 10.5. The average Bonchev–Trinajstić information content (AvgIpc) is 3.03. The van der Waals surface area contributed by atoms with E-state index in [0.29, 0.717) is 23.7 Å². The number of carbonyl (C=O) groups excluding carboxylic acids is 2. The second-order valence-corrected chi connectivity index (χ2v) is 6.75. The van der Waals surface area contributed by atoms with Crippen LogP contribution in [0.25, 0.3) is 0 Å². The number of carbonyl (C=O) groups is 2. The first-order chi connectivity index (χ1) is 12.9. The lowest BCUT2D eigenvalue weighted by Crippen LogP contribution is -2.28. The van der Waals surface area contributed by atoms with Crippen LogP contribution in [0.4, 0.5) is 11.4 Å². The molecule has 2 aromatic carbocycles. The first-order valence-corrected chi connectivity index (χ1v) is 8.83. The van der Waals surface area contributed by atoms with Crippen molar-refractivity contribution < 1.29 is 19.1 Å². The highest BCUT2D eigenvalue weighted by Gasteiger charge is 2.36. The van der Waals surface area contributed by atoms with Crippen LogP contribution < -0.4 is 19.7 Å². The van der Waals surface area contributed by atoms with Gasteiger partial charge in [0.2, 0.25) is 11.8 Å². The van der Waals surface area contributed by atoms with Crippen molar-refractivity contribution in [3.05, 3.63) is 47.5 Å². The lowest BCUT2D eigenvalue weighted by Gasteiger charge is -2.19. The summed E-state index contributed by atoms with van der Waals surface area (Å²) >= 11 is 0. The fourth-order valence-electron chi connectivity index (χ4n) is 3.37. The van der Waals surface area contributed by atoms with Crippen LogP contribution >= 0.6 is 0 Å². The van der Waals surface area contributed by atoms with Gasteiger partial charge in [-0.3, -0.25) is 9.59 Å². The number of hydrogen-bond acceptors (Lipinski definition) is 4. The van der Waals surface area contributed by atoms with Gasteiger partial charge < -0.3 is 19.7 Å². The summed E-state index contributed by atoms with van der Waals surface area (Å²) in [7, 11) is 3.10. The minimum absolute atomic E-state index is 0.0419. The first-order valence-electron chi connectivity index (χ1n) is 8.83. The molecule has 1 aliphatic rings. The Hall–Kier alpha value is -3.02. The van der Waals surface area contributed by atoms with Crippen LogP contribution in [0.3, 0.4) is 0 Å². The van der Waals surface area contributed by atoms with E-state index >= 15 is 0 Å². The molecule has 1 heterocycles. The monoisotopic (exact) mass is 368 g/mol. The Morgan fingerprint density at radius 1 is 1.11 bits per heavy atom. The molecule has 1 saturated heterocycles. The molecule has 6 heteroatoms. The van der Waals surface area contributed by atoms with E-state index in [9.17, 15) is 9.59 Å². The summed E-state index contributed by atoms with van der Waals surface area (Å²) in [5.74, 6) is 0.487. The minimum Gasteiger partial charge on any atom is -0.497 e. The van der Waals surface area contributed by atoms with Gasteiger partial charge in [-0.15, -0.1) is 0 Å². The maximum absolute atomic E-state index is 12.8. The van der Waals surface area contributed by atoms with Crippen molar-refractivity contribution in [1.29, 1.82) is 0 Å². The van der Waals surface area contributed by atoms with Gasteiger partial charge in [-0.25, -0.2) is 0 Å². The smallest absolute Gasteiger partial charge is 0.229 e. The molecule has 1 aliphatic heterocycles. The van der Waals surface area contributed by atoms with E-state index in [-0.39, 0.29) is 18.2 Å². The summed E-state index contributed by atoms with van der Waals surface area (Å²) in [6, 6.07) is 11.1. The van der Waals surface area contributed by atoms with E-state index < -0.39 is 5.92 Å². The van der Waals surface area contributed by atoms with Crippen LogP contribution in [0.15, 0.2) is 36.4 Å². The summed E-state index contributed by atoms with van der Waals surface area (Å²) in [6.45, 7) is 4.35. The molecular formula is C21H24N2O4. The molecular weight excluding hydrogens is 344 g/mol. The molecule has 0 bridgehead atoms. The van der Waals surface area contributed by atoms with Crippen LogP contribution in [0.2, 0.25) is 0 Å². The number of nitrogens with one attached hydrogen (secondary N) is 1. The molecule has 1 fully saturated rings. The number of benzene rings is 2. The standard InChI is InChI=1S/C21H24N2O4/c1-13-5-7-18(14(2)9-13)23-12-15(10-20(23)24)21(25)22-17-11-16(26-3)6-8-19(17)27-4/h5-9,11,15H,10,12H2,1-4H3,(H,22,25). The molecule has 142 valence electrons. The molecule has 1 unspecified atom stereocenters. The van der Waals surface area contributed by atoms with Gasteiger partial charge in [0, 0.05) is 24.7 Å².